The van der Waals surface area contributed by atoms with Crippen LogP contribution in [-0.2, 0) is 11.2 Å². The molecule has 3 heteroatoms. The van der Waals surface area contributed by atoms with Gasteiger partial charge in [0.05, 0.1) is 5.92 Å². The molecule has 0 aliphatic carbocycles. The summed E-state index contributed by atoms with van der Waals surface area (Å²) >= 11 is 0. The minimum Gasteiger partial charge on any atom is -0.371 e. The molecule has 2 unspecified atom stereocenters. The number of rotatable bonds is 9. The van der Waals surface area contributed by atoms with Gasteiger partial charge in [0.25, 0.3) is 0 Å². The second-order valence-corrected chi connectivity index (χ2v) is 8.37. The van der Waals surface area contributed by atoms with Gasteiger partial charge in [-0.25, -0.2) is 0 Å². The van der Waals surface area contributed by atoms with E-state index in [1.165, 1.54) is 36.1 Å². The summed E-state index contributed by atoms with van der Waals surface area (Å²) in [6, 6.07) is 17.2. The van der Waals surface area contributed by atoms with Crippen LogP contribution in [0.5, 0.6) is 0 Å². The number of amides is 1. The maximum atomic E-state index is 12.7. The fourth-order valence-corrected chi connectivity index (χ4v) is 4.81. The van der Waals surface area contributed by atoms with Gasteiger partial charge in [0, 0.05) is 24.7 Å². The van der Waals surface area contributed by atoms with E-state index in [1.54, 1.807) is 0 Å². The minimum absolute atomic E-state index is 0.104. The molecule has 2 aromatic rings. The summed E-state index contributed by atoms with van der Waals surface area (Å²) in [5.41, 5.74) is 10.9. The summed E-state index contributed by atoms with van der Waals surface area (Å²) in [5.74, 6) is -0.413. The lowest BCUT2D eigenvalue weighted by atomic mass is 9.77. The Morgan fingerprint density at radius 1 is 0.966 bits per heavy atom. The molecular formula is C26H36N2O. The average Bonchev–Trinajstić information content (AvgIpc) is 2.75. The third kappa shape index (κ3) is 5.20. The van der Waals surface area contributed by atoms with Crippen molar-refractivity contribution in [3.05, 3.63) is 65.2 Å². The molecule has 0 aromatic heterocycles. The van der Waals surface area contributed by atoms with Crippen LogP contribution >= 0.6 is 0 Å². The van der Waals surface area contributed by atoms with Gasteiger partial charge < -0.3 is 10.6 Å². The molecule has 29 heavy (non-hydrogen) atoms. The van der Waals surface area contributed by atoms with Crippen LogP contribution < -0.4 is 10.6 Å². The van der Waals surface area contributed by atoms with E-state index >= 15 is 0 Å². The number of carbonyl (C=O) groups is 1. The number of anilines is 1. The number of para-hydroxylation sites is 1. The molecule has 0 saturated carbocycles. The highest BCUT2D eigenvalue weighted by Crippen LogP contribution is 2.41. The molecule has 3 rings (SSSR count). The lowest BCUT2D eigenvalue weighted by molar-refractivity contribution is -0.120. The SMILES string of the molecule is CCCc1ccc(C(C(N)=O)C(CCC)c2ccccc2N2CCCCC2)cc1. The van der Waals surface area contributed by atoms with Crippen LogP contribution in [-0.4, -0.2) is 19.0 Å². The number of piperidine rings is 1. The van der Waals surface area contributed by atoms with Crippen LogP contribution in [0.25, 0.3) is 0 Å². The summed E-state index contributed by atoms with van der Waals surface area (Å²) in [6.45, 7) is 6.58. The second kappa shape index (κ2) is 10.5. The quantitative estimate of drug-likeness (QED) is 0.588. The van der Waals surface area contributed by atoms with E-state index in [2.05, 4.69) is 67.3 Å². The van der Waals surface area contributed by atoms with Gasteiger partial charge in [0.2, 0.25) is 5.91 Å². The van der Waals surface area contributed by atoms with Gasteiger partial charge in [-0.2, -0.15) is 0 Å². The van der Waals surface area contributed by atoms with Crippen LogP contribution in [0.15, 0.2) is 48.5 Å². The van der Waals surface area contributed by atoms with Crippen molar-refractivity contribution in [2.75, 3.05) is 18.0 Å². The lowest BCUT2D eigenvalue weighted by Gasteiger charge is -2.34. The zero-order valence-electron chi connectivity index (χ0n) is 18.1. The highest BCUT2D eigenvalue weighted by molar-refractivity contribution is 5.83. The van der Waals surface area contributed by atoms with Gasteiger partial charge in [0.1, 0.15) is 0 Å². The van der Waals surface area contributed by atoms with Crippen LogP contribution in [0.4, 0.5) is 5.69 Å². The molecule has 1 heterocycles. The predicted octanol–water partition coefficient (Wildman–Crippen LogP) is 5.78. The summed E-state index contributed by atoms with van der Waals surface area (Å²) in [7, 11) is 0. The first kappa shape index (κ1) is 21.4. The number of aryl methyl sites for hydroxylation is 1. The second-order valence-electron chi connectivity index (χ2n) is 8.37. The zero-order chi connectivity index (χ0) is 20.6. The summed E-state index contributed by atoms with van der Waals surface area (Å²) < 4.78 is 0. The average molecular weight is 393 g/mol. The summed E-state index contributed by atoms with van der Waals surface area (Å²) in [4.78, 5) is 15.2. The molecule has 0 spiro atoms. The number of hydrogen-bond acceptors (Lipinski definition) is 2. The molecule has 0 bridgehead atoms. The van der Waals surface area contributed by atoms with E-state index in [0.717, 1.165) is 44.3 Å². The van der Waals surface area contributed by atoms with E-state index in [0.29, 0.717) is 0 Å². The molecule has 1 amide bonds. The topological polar surface area (TPSA) is 46.3 Å². The van der Waals surface area contributed by atoms with Crippen LogP contribution in [0.1, 0.15) is 80.9 Å². The van der Waals surface area contributed by atoms with E-state index in [-0.39, 0.29) is 17.7 Å². The number of carbonyl (C=O) groups excluding carboxylic acids is 1. The van der Waals surface area contributed by atoms with Gasteiger partial charge >= 0.3 is 0 Å². The maximum Gasteiger partial charge on any atom is 0.225 e. The van der Waals surface area contributed by atoms with Crippen LogP contribution in [0, 0.1) is 0 Å². The Morgan fingerprint density at radius 2 is 1.66 bits per heavy atom. The Kier molecular flexibility index (Phi) is 7.74. The van der Waals surface area contributed by atoms with Crippen molar-refractivity contribution in [1.29, 1.82) is 0 Å². The van der Waals surface area contributed by atoms with Crippen molar-refractivity contribution in [1.82, 2.24) is 0 Å². The minimum atomic E-state index is -0.295. The van der Waals surface area contributed by atoms with E-state index in [9.17, 15) is 4.79 Å². The molecule has 3 nitrogen and oxygen atoms in total. The van der Waals surface area contributed by atoms with E-state index in [4.69, 9.17) is 5.73 Å². The highest BCUT2D eigenvalue weighted by Gasteiger charge is 2.31. The monoisotopic (exact) mass is 392 g/mol. The Bertz CT molecular complexity index is 778. The summed E-state index contributed by atoms with van der Waals surface area (Å²) in [6.07, 6.45) is 7.96. The third-order valence-electron chi connectivity index (χ3n) is 6.22. The van der Waals surface area contributed by atoms with Gasteiger partial charge in [0.15, 0.2) is 0 Å². The predicted molar refractivity (Wildman–Crippen MR) is 123 cm³/mol. The molecule has 1 fully saturated rings. The Morgan fingerprint density at radius 3 is 2.28 bits per heavy atom. The number of nitrogens with two attached hydrogens (primary N) is 1. The first-order chi connectivity index (χ1) is 14.2. The Balaban J connectivity index is 1.99. The largest absolute Gasteiger partial charge is 0.371 e. The molecule has 156 valence electrons. The fraction of sp³-hybridized carbons (Fsp3) is 0.500. The number of hydrogen-bond donors (Lipinski definition) is 1. The number of nitrogens with zero attached hydrogens (tertiary/aromatic N) is 1. The fourth-order valence-electron chi connectivity index (χ4n) is 4.81. The van der Waals surface area contributed by atoms with Crippen LogP contribution in [0.2, 0.25) is 0 Å². The normalized spacial score (nSPS) is 16.4. The molecule has 0 radical (unpaired) electrons. The van der Waals surface area contributed by atoms with Crippen molar-refractivity contribution in [3.8, 4) is 0 Å². The van der Waals surface area contributed by atoms with Gasteiger partial charge in [-0.3, -0.25) is 4.79 Å². The van der Waals surface area contributed by atoms with Gasteiger partial charge in [-0.05, 0) is 54.9 Å². The van der Waals surface area contributed by atoms with Crippen molar-refractivity contribution in [3.63, 3.8) is 0 Å². The Labute approximate surface area is 176 Å². The number of primary amides is 1. The van der Waals surface area contributed by atoms with Crippen molar-refractivity contribution in [2.24, 2.45) is 5.73 Å². The molecule has 2 atom stereocenters. The molecule has 1 saturated heterocycles. The molecule has 2 aromatic carbocycles. The molecular weight excluding hydrogens is 356 g/mol. The standard InChI is InChI=1S/C26H36N2O/c1-3-10-20-14-16-21(17-15-20)25(26(27)29)23(11-4-2)22-12-6-7-13-24(22)28-18-8-5-9-19-28/h6-7,12-17,23,25H,3-5,8-11,18-19H2,1-2H3,(H2,27,29). The highest BCUT2D eigenvalue weighted by atomic mass is 16.1. The van der Waals surface area contributed by atoms with Crippen molar-refractivity contribution in [2.45, 2.75) is 70.6 Å². The maximum absolute atomic E-state index is 12.7. The molecule has 1 aliphatic rings. The van der Waals surface area contributed by atoms with Gasteiger partial charge in [-0.1, -0.05) is 69.2 Å². The zero-order valence-corrected chi connectivity index (χ0v) is 18.1. The first-order valence-corrected chi connectivity index (χ1v) is 11.4. The van der Waals surface area contributed by atoms with E-state index in [1.807, 2.05) is 0 Å². The van der Waals surface area contributed by atoms with Crippen LogP contribution in [0.3, 0.4) is 0 Å². The smallest absolute Gasteiger partial charge is 0.225 e. The van der Waals surface area contributed by atoms with Crippen molar-refractivity contribution < 1.29 is 4.79 Å². The third-order valence-corrected chi connectivity index (χ3v) is 6.22. The summed E-state index contributed by atoms with van der Waals surface area (Å²) in [5, 5.41) is 0. The van der Waals surface area contributed by atoms with Crippen molar-refractivity contribution >= 4 is 11.6 Å². The van der Waals surface area contributed by atoms with E-state index < -0.39 is 0 Å². The molecule has 2 N–H and O–H groups in total. The number of benzene rings is 2. The van der Waals surface area contributed by atoms with Gasteiger partial charge in [-0.15, -0.1) is 0 Å². The lowest BCUT2D eigenvalue weighted by Crippen LogP contribution is -2.32. The Hall–Kier alpha value is -2.29. The molecule has 1 aliphatic heterocycles. The first-order valence-electron chi connectivity index (χ1n) is 11.4.